The van der Waals surface area contributed by atoms with E-state index in [0.717, 1.165) is 17.4 Å². The summed E-state index contributed by atoms with van der Waals surface area (Å²) in [5.74, 6) is 2.29. The van der Waals surface area contributed by atoms with Crippen molar-refractivity contribution in [3.63, 3.8) is 0 Å². The Balaban J connectivity index is 1.52. The van der Waals surface area contributed by atoms with E-state index in [9.17, 15) is 0 Å². The molecular formula is C16H20N2OS. The fourth-order valence-corrected chi connectivity index (χ4v) is 3.35. The summed E-state index contributed by atoms with van der Waals surface area (Å²) < 4.78 is 5.42. The number of allylic oxidation sites excluding steroid dienone is 1. The lowest BCUT2D eigenvalue weighted by Gasteiger charge is -2.22. The molecule has 4 heteroatoms. The van der Waals surface area contributed by atoms with Crippen molar-refractivity contribution in [1.29, 1.82) is 0 Å². The normalized spacial score (nSPS) is 26.6. The highest BCUT2D eigenvalue weighted by molar-refractivity contribution is 7.80. The van der Waals surface area contributed by atoms with Gasteiger partial charge in [0.25, 0.3) is 0 Å². The highest BCUT2D eigenvalue weighted by Crippen LogP contribution is 2.38. The zero-order valence-corrected chi connectivity index (χ0v) is 12.5. The molecule has 0 aromatic heterocycles. The molecule has 3 rings (SSSR count). The van der Waals surface area contributed by atoms with Crippen LogP contribution in [0.3, 0.4) is 0 Å². The fraction of sp³-hybridized carbons (Fsp3) is 0.438. The van der Waals surface area contributed by atoms with E-state index in [4.69, 9.17) is 17.0 Å². The SMILES string of the molecule is CCOc1ccc(NC(=S)N[C@@H]2C[C@H]3C=C[C@@H]2C3)cc1. The molecule has 1 saturated carbocycles. The van der Waals surface area contributed by atoms with Crippen molar-refractivity contribution in [2.24, 2.45) is 11.8 Å². The van der Waals surface area contributed by atoms with Crippen molar-refractivity contribution < 1.29 is 4.74 Å². The summed E-state index contributed by atoms with van der Waals surface area (Å²) in [5, 5.41) is 7.38. The zero-order chi connectivity index (χ0) is 13.9. The summed E-state index contributed by atoms with van der Waals surface area (Å²) in [6.07, 6.45) is 7.15. The van der Waals surface area contributed by atoms with Crippen molar-refractivity contribution >= 4 is 23.0 Å². The number of ether oxygens (including phenoxy) is 1. The molecule has 3 atom stereocenters. The van der Waals surface area contributed by atoms with Crippen LogP contribution in [0, 0.1) is 11.8 Å². The summed E-state index contributed by atoms with van der Waals surface area (Å²) in [7, 11) is 0. The molecular weight excluding hydrogens is 268 g/mol. The Morgan fingerprint density at radius 1 is 1.25 bits per heavy atom. The Bertz CT molecular complexity index is 512. The van der Waals surface area contributed by atoms with Gasteiger partial charge in [-0.2, -0.15) is 0 Å². The van der Waals surface area contributed by atoms with Crippen molar-refractivity contribution in [3.05, 3.63) is 36.4 Å². The van der Waals surface area contributed by atoms with E-state index >= 15 is 0 Å². The third-order valence-corrected chi connectivity index (χ3v) is 4.24. The summed E-state index contributed by atoms with van der Waals surface area (Å²) >= 11 is 5.39. The molecule has 1 aromatic carbocycles. The van der Waals surface area contributed by atoms with E-state index in [0.29, 0.717) is 23.7 Å². The average Bonchev–Trinajstić information content (AvgIpc) is 3.03. The number of thiocarbonyl (C=S) groups is 1. The minimum absolute atomic E-state index is 0.493. The molecule has 106 valence electrons. The topological polar surface area (TPSA) is 33.3 Å². The standard InChI is InChI=1S/C16H20N2OS/c1-2-19-14-7-5-13(6-8-14)17-16(20)18-15-10-11-3-4-12(15)9-11/h3-8,11-12,15H,2,9-10H2,1H3,(H2,17,18,20)/t11-,12+,15+/m0/s1. The molecule has 0 heterocycles. The van der Waals surface area contributed by atoms with Gasteiger partial charge in [-0.1, -0.05) is 12.2 Å². The molecule has 1 aromatic rings. The van der Waals surface area contributed by atoms with Gasteiger partial charge in [-0.15, -0.1) is 0 Å². The van der Waals surface area contributed by atoms with E-state index < -0.39 is 0 Å². The van der Waals surface area contributed by atoms with Crippen LogP contribution in [0.2, 0.25) is 0 Å². The second-order valence-electron chi connectivity index (χ2n) is 5.44. The molecule has 2 aliphatic rings. The Morgan fingerprint density at radius 3 is 2.65 bits per heavy atom. The van der Waals surface area contributed by atoms with Gasteiger partial charge in [-0.25, -0.2) is 0 Å². The zero-order valence-electron chi connectivity index (χ0n) is 11.6. The van der Waals surface area contributed by atoms with Crippen LogP contribution >= 0.6 is 12.2 Å². The number of anilines is 1. The smallest absolute Gasteiger partial charge is 0.171 e. The largest absolute Gasteiger partial charge is 0.494 e. The lowest BCUT2D eigenvalue weighted by Crippen LogP contribution is -2.40. The third kappa shape index (κ3) is 2.96. The molecule has 0 unspecified atom stereocenters. The molecule has 0 saturated heterocycles. The van der Waals surface area contributed by atoms with Gasteiger partial charge in [-0.3, -0.25) is 0 Å². The number of nitrogens with one attached hydrogen (secondary N) is 2. The molecule has 20 heavy (non-hydrogen) atoms. The Labute approximate surface area is 125 Å². The Hall–Kier alpha value is -1.55. The van der Waals surface area contributed by atoms with Gasteiger partial charge in [0.15, 0.2) is 5.11 Å². The van der Waals surface area contributed by atoms with Gasteiger partial charge < -0.3 is 15.4 Å². The van der Waals surface area contributed by atoms with Crippen LogP contribution in [0.1, 0.15) is 19.8 Å². The molecule has 3 nitrogen and oxygen atoms in total. The van der Waals surface area contributed by atoms with Crippen LogP contribution in [0.15, 0.2) is 36.4 Å². The molecule has 0 aliphatic heterocycles. The van der Waals surface area contributed by atoms with Gasteiger partial charge in [0.05, 0.1) is 6.61 Å². The Kier molecular flexibility index (Phi) is 3.92. The second-order valence-corrected chi connectivity index (χ2v) is 5.85. The van der Waals surface area contributed by atoms with Gasteiger partial charge in [0, 0.05) is 11.7 Å². The first kappa shape index (κ1) is 13.4. The van der Waals surface area contributed by atoms with E-state index in [2.05, 4.69) is 22.8 Å². The van der Waals surface area contributed by atoms with Crippen LogP contribution in [0.25, 0.3) is 0 Å². The first-order valence-corrected chi connectivity index (χ1v) is 7.64. The first-order chi connectivity index (χ1) is 9.74. The molecule has 2 bridgehead atoms. The van der Waals surface area contributed by atoms with Crippen LogP contribution in [0.5, 0.6) is 5.75 Å². The monoisotopic (exact) mass is 288 g/mol. The molecule has 0 amide bonds. The lowest BCUT2D eigenvalue weighted by atomic mass is 10.0. The number of hydrogen-bond donors (Lipinski definition) is 2. The van der Waals surface area contributed by atoms with Crippen molar-refractivity contribution in [2.45, 2.75) is 25.8 Å². The molecule has 2 N–H and O–H groups in total. The van der Waals surface area contributed by atoms with Crippen LogP contribution < -0.4 is 15.4 Å². The van der Waals surface area contributed by atoms with E-state index in [1.165, 1.54) is 12.8 Å². The van der Waals surface area contributed by atoms with Crippen LogP contribution in [-0.4, -0.2) is 17.8 Å². The minimum atomic E-state index is 0.493. The van der Waals surface area contributed by atoms with Gasteiger partial charge >= 0.3 is 0 Å². The number of rotatable bonds is 4. The average molecular weight is 288 g/mol. The predicted molar refractivity (Wildman–Crippen MR) is 86.1 cm³/mol. The maximum atomic E-state index is 5.42. The van der Waals surface area contributed by atoms with Crippen LogP contribution in [0.4, 0.5) is 5.69 Å². The van der Waals surface area contributed by atoms with Crippen molar-refractivity contribution in [2.75, 3.05) is 11.9 Å². The number of hydrogen-bond acceptors (Lipinski definition) is 2. The van der Waals surface area contributed by atoms with E-state index in [1.807, 2.05) is 31.2 Å². The van der Waals surface area contributed by atoms with E-state index in [1.54, 1.807) is 0 Å². The summed E-state index contributed by atoms with van der Waals surface area (Å²) in [6.45, 7) is 2.67. The van der Waals surface area contributed by atoms with Crippen molar-refractivity contribution in [3.8, 4) is 5.75 Å². The maximum Gasteiger partial charge on any atom is 0.171 e. The Morgan fingerprint density at radius 2 is 2.05 bits per heavy atom. The molecule has 1 fully saturated rings. The molecule has 2 aliphatic carbocycles. The third-order valence-electron chi connectivity index (χ3n) is 4.02. The summed E-state index contributed by atoms with van der Waals surface area (Å²) in [5.41, 5.74) is 0.990. The van der Waals surface area contributed by atoms with Gasteiger partial charge in [0.2, 0.25) is 0 Å². The summed E-state index contributed by atoms with van der Waals surface area (Å²) in [6, 6.07) is 8.37. The molecule has 0 radical (unpaired) electrons. The minimum Gasteiger partial charge on any atom is -0.494 e. The van der Waals surface area contributed by atoms with E-state index in [-0.39, 0.29) is 0 Å². The quantitative estimate of drug-likeness (QED) is 0.657. The fourth-order valence-electron chi connectivity index (χ4n) is 3.08. The highest BCUT2D eigenvalue weighted by Gasteiger charge is 2.35. The highest BCUT2D eigenvalue weighted by atomic mass is 32.1. The van der Waals surface area contributed by atoms with Gasteiger partial charge in [0.1, 0.15) is 5.75 Å². The maximum absolute atomic E-state index is 5.42. The first-order valence-electron chi connectivity index (χ1n) is 7.23. The molecule has 0 spiro atoms. The van der Waals surface area contributed by atoms with Crippen molar-refractivity contribution in [1.82, 2.24) is 5.32 Å². The summed E-state index contributed by atoms with van der Waals surface area (Å²) in [4.78, 5) is 0. The lowest BCUT2D eigenvalue weighted by molar-refractivity contribution is 0.340. The van der Waals surface area contributed by atoms with Crippen LogP contribution in [-0.2, 0) is 0 Å². The number of benzene rings is 1. The second kappa shape index (κ2) is 5.83. The van der Waals surface area contributed by atoms with Gasteiger partial charge in [-0.05, 0) is 68.1 Å². The predicted octanol–water partition coefficient (Wildman–Crippen LogP) is 3.34. The number of fused-ring (bicyclic) bond motifs is 2.